The third-order valence-corrected chi connectivity index (χ3v) is 10.1. The van der Waals surface area contributed by atoms with Crippen LogP contribution in [0.2, 0.25) is 0 Å². The van der Waals surface area contributed by atoms with Gasteiger partial charge in [-0.25, -0.2) is 9.97 Å². The molecule has 3 aliphatic rings. The first-order valence-electron chi connectivity index (χ1n) is 15.0. The van der Waals surface area contributed by atoms with E-state index in [1.807, 2.05) is 18.7 Å². The topological polar surface area (TPSA) is 62.5 Å². The lowest BCUT2D eigenvalue weighted by molar-refractivity contribution is 0.123. The molecule has 0 spiro atoms. The maximum atomic E-state index is 9.56. The normalized spacial score (nSPS) is 22.7. The van der Waals surface area contributed by atoms with Gasteiger partial charge >= 0.3 is 0 Å². The lowest BCUT2D eigenvalue weighted by Crippen LogP contribution is -2.51. The molecule has 3 aromatic rings. The maximum Gasteiger partial charge on any atom is 0.189 e. The molecule has 6 rings (SSSR count). The molecule has 2 aliphatic heterocycles. The van der Waals surface area contributed by atoms with Gasteiger partial charge in [0.15, 0.2) is 5.16 Å². The molecule has 3 atom stereocenters. The fourth-order valence-corrected chi connectivity index (χ4v) is 7.83. The summed E-state index contributed by atoms with van der Waals surface area (Å²) in [7, 11) is 4.39. The highest BCUT2D eigenvalue weighted by Crippen LogP contribution is 2.38. The second kappa shape index (κ2) is 12.3. The van der Waals surface area contributed by atoms with Crippen molar-refractivity contribution < 1.29 is 0 Å². The Balaban J connectivity index is 1.31. The van der Waals surface area contributed by atoms with Gasteiger partial charge in [-0.05, 0) is 63.9 Å². The van der Waals surface area contributed by atoms with Gasteiger partial charge in [-0.1, -0.05) is 54.2 Å². The van der Waals surface area contributed by atoms with Crippen LogP contribution < -0.4 is 9.80 Å². The third kappa shape index (κ3) is 5.75. The van der Waals surface area contributed by atoms with Crippen LogP contribution in [-0.2, 0) is 13.0 Å². The zero-order chi connectivity index (χ0) is 28.3. The van der Waals surface area contributed by atoms with Crippen molar-refractivity contribution in [2.45, 2.75) is 56.4 Å². The van der Waals surface area contributed by atoms with Crippen molar-refractivity contribution >= 4 is 34.0 Å². The van der Waals surface area contributed by atoms with E-state index in [9.17, 15) is 5.26 Å². The van der Waals surface area contributed by atoms with E-state index in [1.54, 1.807) is 0 Å². The van der Waals surface area contributed by atoms with E-state index in [4.69, 9.17) is 9.97 Å². The van der Waals surface area contributed by atoms with Gasteiger partial charge in [0.25, 0.3) is 0 Å². The van der Waals surface area contributed by atoms with Crippen LogP contribution in [0.4, 0.5) is 11.5 Å². The molecule has 1 aromatic heterocycles. The number of piperazine rings is 1. The Morgan fingerprint density at radius 1 is 1.05 bits per heavy atom. The van der Waals surface area contributed by atoms with Gasteiger partial charge in [0.1, 0.15) is 5.82 Å². The number of nitrogens with zero attached hydrogens (tertiary/aromatic N) is 7. The number of nitriles is 1. The van der Waals surface area contributed by atoms with Crippen LogP contribution >= 0.6 is 11.8 Å². The van der Waals surface area contributed by atoms with Crippen molar-refractivity contribution in [1.29, 1.82) is 5.26 Å². The number of hydrogen-bond donors (Lipinski definition) is 0. The number of allylic oxidation sites excluding steroid dienone is 1. The predicted octanol–water partition coefficient (Wildman–Crippen LogP) is 5.56. The van der Waals surface area contributed by atoms with Crippen LogP contribution in [0.25, 0.3) is 10.8 Å². The minimum Gasteiger partial charge on any atom is -0.370 e. The minimum atomic E-state index is 0.165. The van der Waals surface area contributed by atoms with Gasteiger partial charge < -0.3 is 19.6 Å². The summed E-state index contributed by atoms with van der Waals surface area (Å²) in [6.45, 7) is 6.38. The maximum absolute atomic E-state index is 9.56. The summed E-state index contributed by atoms with van der Waals surface area (Å²) in [6.07, 6.45) is 8.21. The molecule has 1 aliphatic carbocycles. The highest BCUT2D eigenvalue weighted by Gasteiger charge is 2.34. The second-order valence-corrected chi connectivity index (χ2v) is 12.8. The van der Waals surface area contributed by atoms with Crippen molar-refractivity contribution in [1.82, 2.24) is 19.8 Å². The molecular weight excluding hydrogens is 526 g/mol. The number of rotatable bonds is 8. The molecule has 2 fully saturated rings. The van der Waals surface area contributed by atoms with Crippen LogP contribution in [0.5, 0.6) is 0 Å². The van der Waals surface area contributed by atoms with Crippen LogP contribution in [0.1, 0.15) is 37.4 Å². The molecule has 3 heterocycles. The van der Waals surface area contributed by atoms with Crippen LogP contribution in [-0.4, -0.2) is 77.9 Å². The second-order valence-electron chi connectivity index (χ2n) is 11.8. The Hall–Kier alpha value is -3.28. The molecule has 0 N–H and O–H groups in total. The summed E-state index contributed by atoms with van der Waals surface area (Å²) >= 11 is 1.83. The van der Waals surface area contributed by atoms with E-state index < -0.39 is 0 Å². The number of thioether (sulfide) groups is 1. The van der Waals surface area contributed by atoms with Crippen molar-refractivity contribution in [3.05, 3.63) is 66.0 Å². The quantitative estimate of drug-likeness (QED) is 0.259. The predicted molar refractivity (Wildman–Crippen MR) is 169 cm³/mol. The number of aromatic nitrogens is 2. The fourth-order valence-electron chi connectivity index (χ4n) is 6.75. The average Bonchev–Trinajstić information content (AvgIpc) is 2.96. The number of anilines is 2. The average molecular weight is 568 g/mol. The van der Waals surface area contributed by atoms with Gasteiger partial charge in [-0.3, -0.25) is 0 Å². The summed E-state index contributed by atoms with van der Waals surface area (Å²) < 4.78 is 0. The molecular formula is C33H41N7S. The van der Waals surface area contributed by atoms with Gasteiger partial charge in [0.05, 0.1) is 30.8 Å². The minimum absolute atomic E-state index is 0.165. The van der Waals surface area contributed by atoms with Gasteiger partial charge in [0.2, 0.25) is 0 Å². The zero-order valence-electron chi connectivity index (χ0n) is 24.5. The third-order valence-electron chi connectivity index (χ3n) is 9.09. The SMILES string of the molecule is CC=CN1CCN(c2nc(SCC3CCC3N(C)C)nc3c2CCN(c2cccc4ccccc24)C3)C[C@@H]1CC#N. The van der Waals surface area contributed by atoms with Gasteiger partial charge in [0, 0.05) is 54.6 Å². The summed E-state index contributed by atoms with van der Waals surface area (Å²) in [6, 6.07) is 18.5. The largest absolute Gasteiger partial charge is 0.370 e. The highest BCUT2D eigenvalue weighted by atomic mass is 32.2. The van der Waals surface area contributed by atoms with Crippen molar-refractivity contribution in [3.63, 3.8) is 0 Å². The summed E-state index contributed by atoms with van der Waals surface area (Å²) in [5.41, 5.74) is 3.72. The smallest absolute Gasteiger partial charge is 0.189 e. The van der Waals surface area contributed by atoms with E-state index in [2.05, 4.69) is 94.5 Å². The van der Waals surface area contributed by atoms with E-state index >= 15 is 0 Å². The van der Waals surface area contributed by atoms with Crippen LogP contribution in [0, 0.1) is 17.2 Å². The number of fused-ring (bicyclic) bond motifs is 2. The first kappa shape index (κ1) is 27.9. The number of hydrogen-bond acceptors (Lipinski definition) is 8. The molecule has 8 heteroatoms. The molecule has 1 saturated heterocycles. The highest BCUT2D eigenvalue weighted by molar-refractivity contribution is 7.99. The Morgan fingerprint density at radius 3 is 2.68 bits per heavy atom. The molecule has 2 aromatic carbocycles. The Kier molecular flexibility index (Phi) is 8.36. The summed E-state index contributed by atoms with van der Waals surface area (Å²) in [4.78, 5) is 20.1. The van der Waals surface area contributed by atoms with E-state index in [0.717, 1.165) is 61.6 Å². The molecule has 41 heavy (non-hydrogen) atoms. The first-order valence-corrected chi connectivity index (χ1v) is 16.0. The van der Waals surface area contributed by atoms with Crippen LogP contribution in [0.3, 0.4) is 0 Å². The number of benzene rings is 2. The van der Waals surface area contributed by atoms with E-state index in [-0.39, 0.29) is 6.04 Å². The van der Waals surface area contributed by atoms with Crippen LogP contribution in [0.15, 0.2) is 59.9 Å². The summed E-state index contributed by atoms with van der Waals surface area (Å²) in [5.74, 6) is 2.84. The first-order chi connectivity index (χ1) is 20.1. The van der Waals surface area contributed by atoms with Crippen molar-refractivity contribution in [2.24, 2.45) is 5.92 Å². The van der Waals surface area contributed by atoms with Gasteiger partial charge in [-0.2, -0.15) is 5.26 Å². The Morgan fingerprint density at radius 2 is 1.90 bits per heavy atom. The monoisotopic (exact) mass is 567 g/mol. The Labute approximate surface area is 248 Å². The van der Waals surface area contributed by atoms with Gasteiger partial charge in [-0.15, -0.1) is 0 Å². The Bertz CT molecular complexity index is 1440. The standard InChI is InChI=1S/C33H41N7S/c1-4-17-38-19-20-40(21-26(38)14-16-34)32-28-15-18-39(31-11-7-9-24-8-5-6-10-27(24)31)22-29(28)35-33(36-32)41-23-25-12-13-30(25)37(2)3/h4-11,17,25-26,30H,12-15,18-23H2,1-3H3/t25?,26-,30?/m0/s1. The lowest BCUT2D eigenvalue weighted by Gasteiger charge is -2.42. The fraction of sp³-hybridized carbons (Fsp3) is 0.485. The molecule has 0 radical (unpaired) electrons. The van der Waals surface area contributed by atoms with Crippen molar-refractivity contribution in [2.75, 3.05) is 55.8 Å². The van der Waals surface area contributed by atoms with E-state index in [1.165, 1.54) is 34.9 Å². The van der Waals surface area contributed by atoms with Crippen molar-refractivity contribution in [3.8, 4) is 6.07 Å². The summed E-state index contributed by atoms with van der Waals surface area (Å²) in [5, 5.41) is 13.0. The lowest BCUT2D eigenvalue weighted by atomic mass is 9.80. The molecule has 0 bridgehead atoms. The molecule has 1 saturated carbocycles. The molecule has 7 nitrogen and oxygen atoms in total. The molecule has 214 valence electrons. The zero-order valence-corrected chi connectivity index (χ0v) is 25.4. The molecule has 2 unspecified atom stereocenters. The molecule has 0 amide bonds. The van der Waals surface area contributed by atoms with E-state index in [0.29, 0.717) is 18.4 Å².